The number of benzene rings is 2. The lowest BCUT2D eigenvalue weighted by Crippen LogP contribution is -2.54. The molecule has 2 aromatic carbocycles. The van der Waals surface area contributed by atoms with Crippen molar-refractivity contribution in [3.05, 3.63) is 42.0 Å². The van der Waals surface area contributed by atoms with Crippen LogP contribution in [-0.2, 0) is 9.84 Å². The number of sulfone groups is 1. The third kappa shape index (κ3) is 2.57. The molecule has 0 spiro atoms. The van der Waals surface area contributed by atoms with Crippen LogP contribution in [0, 0.1) is 11.6 Å². The van der Waals surface area contributed by atoms with Crippen LogP contribution in [0.5, 0.6) is 5.75 Å². The predicted molar refractivity (Wildman–Crippen MR) is 91.3 cm³/mol. The monoisotopic (exact) mass is 380 g/mol. The molecule has 0 aliphatic carbocycles. The average molecular weight is 380 g/mol. The van der Waals surface area contributed by atoms with Crippen LogP contribution in [0.25, 0.3) is 16.7 Å². The standard InChI is InChI=1S/C16H14F2N4O3S/c1-26(24,25)11-7-21(8-11)9-2-4-10(5-3-9)22-15-13(19-20-22)6-12(17)16(23)14(15)18/h2-6,11,23H,7-8H2,1H3. The van der Waals surface area contributed by atoms with E-state index in [1.54, 1.807) is 24.3 Å². The van der Waals surface area contributed by atoms with Crippen LogP contribution in [0.3, 0.4) is 0 Å². The summed E-state index contributed by atoms with van der Waals surface area (Å²) >= 11 is 0. The van der Waals surface area contributed by atoms with Gasteiger partial charge >= 0.3 is 0 Å². The van der Waals surface area contributed by atoms with Gasteiger partial charge in [0.1, 0.15) is 11.0 Å². The Morgan fingerprint density at radius 2 is 1.77 bits per heavy atom. The predicted octanol–water partition coefficient (Wildman–Crippen LogP) is 1.64. The van der Waals surface area contributed by atoms with E-state index in [1.165, 1.54) is 10.9 Å². The van der Waals surface area contributed by atoms with E-state index in [-0.39, 0.29) is 16.3 Å². The molecule has 1 aliphatic heterocycles. The molecule has 0 saturated carbocycles. The van der Waals surface area contributed by atoms with Crippen molar-refractivity contribution in [1.82, 2.24) is 15.0 Å². The van der Waals surface area contributed by atoms with Crippen molar-refractivity contribution in [2.24, 2.45) is 0 Å². The maximum atomic E-state index is 14.2. The lowest BCUT2D eigenvalue weighted by Gasteiger charge is -2.39. The molecular weight excluding hydrogens is 366 g/mol. The fraction of sp³-hybridized carbons (Fsp3) is 0.250. The van der Waals surface area contributed by atoms with Crippen LogP contribution >= 0.6 is 0 Å². The molecule has 2 heterocycles. The first-order valence-electron chi connectivity index (χ1n) is 7.72. The van der Waals surface area contributed by atoms with Gasteiger partial charge in [0.15, 0.2) is 27.2 Å². The van der Waals surface area contributed by atoms with Crippen LogP contribution < -0.4 is 4.90 Å². The minimum Gasteiger partial charge on any atom is -0.503 e. The Morgan fingerprint density at radius 1 is 1.15 bits per heavy atom. The smallest absolute Gasteiger partial charge is 0.195 e. The van der Waals surface area contributed by atoms with E-state index in [1.807, 2.05) is 4.90 Å². The van der Waals surface area contributed by atoms with Crippen LogP contribution in [0.4, 0.5) is 14.5 Å². The first kappa shape index (κ1) is 16.7. The fourth-order valence-electron chi connectivity index (χ4n) is 2.91. The van der Waals surface area contributed by atoms with Crippen LogP contribution in [0.15, 0.2) is 30.3 Å². The fourth-order valence-corrected chi connectivity index (χ4v) is 3.81. The summed E-state index contributed by atoms with van der Waals surface area (Å²) in [7, 11) is -3.05. The summed E-state index contributed by atoms with van der Waals surface area (Å²) in [5, 5.41) is 16.6. The highest BCUT2D eigenvalue weighted by Crippen LogP contribution is 2.30. The Morgan fingerprint density at radius 3 is 2.38 bits per heavy atom. The van der Waals surface area contributed by atoms with Gasteiger partial charge in [0.05, 0.1) is 10.9 Å². The van der Waals surface area contributed by atoms with Crippen LogP contribution in [-0.4, -0.2) is 53.1 Å². The van der Waals surface area contributed by atoms with E-state index in [2.05, 4.69) is 10.3 Å². The second-order valence-electron chi connectivity index (χ2n) is 6.26. The quantitative estimate of drug-likeness (QED) is 0.743. The number of rotatable bonds is 3. The molecule has 7 nitrogen and oxygen atoms in total. The summed E-state index contributed by atoms with van der Waals surface area (Å²) in [6.45, 7) is 0.846. The Labute approximate surface area is 147 Å². The summed E-state index contributed by atoms with van der Waals surface area (Å²) in [5.74, 6) is -3.31. The molecule has 0 bridgehead atoms. The van der Waals surface area contributed by atoms with Crippen molar-refractivity contribution in [3.8, 4) is 11.4 Å². The van der Waals surface area contributed by atoms with Crippen molar-refractivity contribution in [2.75, 3.05) is 24.2 Å². The largest absolute Gasteiger partial charge is 0.503 e. The maximum Gasteiger partial charge on any atom is 0.195 e. The highest BCUT2D eigenvalue weighted by molar-refractivity contribution is 7.91. The van der Waals surface area contributed by atoms with E-state index in [4.69, 9.17) is 0 Å². The molecule has 0 amide bonds. The number of aromatic nitrogens is 3. The maximum absolute atomic E-state index is 14.2. The van der Waals surface area contributed by atoms with E-state index in [0.717, 1.165) is 11.8 Å². The van der Waals surface area contributed by atoms with Crippen LogP contribution in [0.1, 0.15) is 0 Å². The Bertz CT molecular complexity index is 1110. The zero-order valence-electron chi connectivity index (χ0n) is 13.6. The van der Waals surface area contributed by atoms with Crippen LogP contribution in [0.2, 0.25) is 0 Å². The summed E-state index contributed by atoms with van der Waals surface area (Å²) in [6, 6.07) is 7.75. The third-order valence-electron chi connectivity index (χ3n) is 4.51. The third-order valence-corrected chi connectivity index (χ3v) is 6.02. The molecule has 26 heavy (non-hydrogen) atoms. The second kappa shape index (κ2) is 5.63. The van der Waals surface area contributed by atoms with Gasteiger partial charge in [-0.25, -0.2) is 21.9 Å². The molecule has 1 N–H and O–H groups in total. The van der Waals surface area contributed by atoms with Crippen molar-refractivity contribution in [1.29, 1.82) is 0 Å². The number of halogens is 2. The topological polar surface area (TPSA) is 88.3 Å². The van der Waals surface area contributed by atoms with Gasteiger partial charge in [-0.3, -0.25) is 0 Å². The zero-order chi connectivity index (χ0) is 18.6. The molecule has 1 fully saturated rings. The summed E-state index contributed by atoms with van der Waals surface area (Å²) < 4.78 is 51.7. The number of nitrogens with zero attached hydrogens (tertiary/aromatic N) is 4. The van der Waals surface area contributed by atoms with Gasteiger partial charge in [0, 0.05) is 31.1 Å². The number of fused-ring (bicyclic) bond motifs is 1. The van der Waals surface area contributed by atoms with E-state index >= 15 is 0 Å². The van der Waals surface area contributed by atoms with Gasteiger partial charge in [0.2, 0.25) is 0 Å². The van der Waals surface area contributed by atoms with Gasteiger partial charge < -0.3 is 10.0 Å². The average Bonchev–Trinajstić information content (AvgIpc) is 2.94. The molecule has 136 valence electrons. The summed E-state index contributed by atoms with van der Waals surface area (Å²) in [6.07, 6.45) is 1.22. The SMILES string of the molecule is CS(=O)(=O)C1CN(c2ccc(-n3nnc4cc(F)c(O)c(F)c43)cc2)C1. The number of hydrogen-bond acceptors (Lipinski definition) is 6. The molecule has 1 aliphatic rings. The second-order valence-corrected chi connectivity index (χ2v) is 8.59. The first-order valence-corrected chi connectivity index (χ1v) is 9.68. The lowest BCUT2D eigenvalue weighted by molar-refractivity contribution is 0.399. The molecule has 4 rings (SSSR count). The molecule has 0 unspecified atom stereocenters. The number of phenols is 1. The normalized spacial score (nSPS) is 15.4. The minimum absolute atomic E-state index is 0.0133. The highest BCUT2D eigenvalue weighted by atomic mass is 32.2. The molecule has 0 atom stereocenters. The number of hydrogen-bond donors (Lipinski definition) is 1. The zero-order valence-corrected chi connectivity index (χ0v) is 14.4. The van der Waals surface area contributed by atoms with Crippen molar-refractivity contribution in [3.63, 3.8) is 0 Å². The van der Waals surface area contributed by atoms with Gasteiger partial charge in [-0.2, -0.15) is 0 Å². The van der Waals surface area contributed by atoms with Gasteiger partial charge in [-0.05, 0) is 24.3 Å². The summed E-state index contributed by atoms with van der Waals surface area (Å²) in [4.78, 5) is 1.91. The molecule has 1 aromatic heterocycles. The van der Waals surface area contributed by atoms with E-state index in [9.17, 15) is 22.3 Å². The number of aromatic hydroxyl groups is 1. The number of phenolic OH excluding ortho intramolecular Hbond substituents is 1. The molecule has 3 aromatic rings. The number of anilines is 1. The summed E-state index contributed by atoms with van der Waals surface area (Å²) in [5.41, 5.74) is 1.16. The van der Waals surface area contributed by atoms with E-state index in [0.29, 0.717) is 18.8 Å². The van der Waals surface area contributed by atoms with Gasteiger partial charge in [0.25, 0.3) is 0 Å². The molecular formula is C16H14F2N4O3S. The lowest BCUT2D eigenvalue weighted by atomic mass is 10.1. The van der Waals surface area contributed by atoms with Gasteiger partial charge in [-0.15, -0.1) is 5.10 Å². The Balaban J connectivity index is 1.64. The molecule has 10 heteroatoms. The minimum atomic E-state index is -3.05. The van der Waals surface area contributed by atoms with E-state index < -0.39 is 27.2 Å². The van der Waals surface area contributed by atoms with Crippen molar-refractivity contribution < 1.29 is 22.3 Å². The van der Waals surface area contributed by atoms with Crippen molar-refractivity contribution >= 4 is 26.6 Å². The Kier molecular flexibility index (Phi) is 3.62. The highest BCUT2D eigenvalue weighted by Gasteiger charge is 2.34. The first-order chi connectivity index (χ1) is 12.3. The Hall–Kier alpha value is -2.75. The molecule has 1 saturated heterocycles. The van der Waals surface area contributed by atoms with Gasteiger partial charge in [-0.1, -0.05) is 5.21 Å². The van der Waals surface area contributed by atoms with Crippen molar-refractivity contribution in [2.45, 2.75) is 5.25 Å². The molecule has 0 radical (unpaired) electrons.